The molecule has 3 rings (SSSR count). The molecule has 3 aromatic rings. The lowest BCUT2D eigenvalue weighted by atomic mass is 10.0. The van der Waals surface area contributed by atoms with E-state index >= 15 is 0 Å². The molecule has 2 amide bonds. The second kappa shape index (κ2) is 6.54. The molecule has 24 heavy (non-hydrogen) atoms. The Hall–Kier alpha value is -3.15. The Morgan fingerprint density at radius 1 is 1.12 bits per heavy atom. The number of benzene rings is 1. The van der Waals surface area contributed by atoms with Crippen molar-refractivity contribution in [2.45, 2.75) is 20.3 Å². The predicted octanol–water partition coefficient (Wildman–Crippen LogP) is 2.45. The van der Waals surface area contributed by atoms with Crippen molar-refractivity contribution in [1.29, 1.82) is 0 Å². The summed E-state index contributed by atoms with van der Waals surface area (Å²) in [7, 11) is 0. The van der Waals surface area contributed by atoms with Crippen LogP contribution in [0.1, 0.15) is 27.0 Å². The smallest absolute Gasteiger partial charge is 0.269 e. The highest BCUT2D eigenvalue weighted by atomic mass is 16.3. The lowest BCUT2D eigenvalue weighted by Gasteiger charge is -2.07. The molecule has 2 aromatic heterocycles. The number of hydrazine groups is 1. The van der Waals surface area contributed by atoms with E-state index in [9.17, 15) is 9.59 Å². The lowest BCUT2D eigenvalue weighted by Crippen LogP contribution is -2.42. The normalized spacial score (nSPS) is 10.6. The molecule has 0 spiro atoms. The van der Waals surface area contributed by atoms with Crippen LogP contribution in [0.15, 0.2) is 47.3 Å². The van der Waals surface area contributed by atoms with E-state index in [2.05, 4.69) is 15.8 Å². The number of pyridine rings is 1. The minimum atomic E-state index is -0.394. The molecule has 6 heteroatoms. The maximum Gasteiger partial charge on any atom is 0.269 e. The fourth-order valence-electron chi connectivity index (χ4n) is 2.68. The van der Waals surface area contributed by atoms with Gasteiger partial charge in [-0.15, -0.1) is 0 Å². The fraction of sp³-hybridized carbons (Fsp3) is 0.167. The first-order chi connectivity index (χ1) is 11.5. The van der Waals surface area contributed by atoms with Crippen LogP contribution < -0.4 is 10.9 Å². The molecule has 1 aromatic carbocycles. The molecule has 0 aliphatic rings. The molecule has 6 nitrogen and oxygen atoms in total. The molecule has 0 saturated carbocycles. The Bertz CT molecular complexity index is 901. The molecule has 0 bridgehead atoms. The van der Waals surface area contributed by atoms with E-state index in [4.69, 9.17) is 4.42 Å². The van der Waals surface area contributed by atoms with Gasteiger partial charge >= 0.3 is 0 Å². The van der Waals surface area contributed by atoms with Crippen molar-refractivity contribution in [3.05, 3.63) is 65.2 Å². The molecular weight excluding hydrogens is 306 g/mol. The summed E-state index contributed by atoms with van der Waals surface area (Å²) in [5.74, 6) is -0.713. The highest BCUT2D eigenvalue weighted by molar-refractivity contribution is 5.96. The third-order valence-electron chi connectivity index (χ3n) is 3.70. The van der Waals surface area contributed by atoms with Crippen LogP contribution in [-0.2, 0) is 11.2 Å². The van der Waals surface area contributed by atoms with Gasteiger partial charge in [0.2, 0.25) is 5.91 Å². The summed E-state index contributed by atoms with van der Waals surface area (Å²) < 4.78 is 5.53. The quantitative estimate of drug-likeness (QED) is 0.725. The number of carbonyl (C=O) groups excluding carboxylic acids is 2. The van der Waals surface area contributed by atoms with Crippen molar-refractivity contribution in [3.63, 3.8) is 0 Å². The standard InChI is InChI=1S/C18H17N3O3/c1-11-7-12(2)17-14(10-24-15(17)8-11)9-16(22)20-21-18(23)13-3-5-19-6-4-13/h3-8,10H,9H2,1-2H3,(H,20,22)(H,21,23). The van der Waals surface area contributed by atoms with E-state index in [0.29, 0.717) is 5.56 Å². The maximum absolute atomic E-state index is 12.1. The van der Waals surface area contributed by atoms with Gasteiger partial charge in [-0.05, 0) is 43.2 Å². The molecule has 2 heterocycles. The summed E-state index contributed by atoms with van der Waals surface area (Å²) in [6, 6.07) is 7.12. The highest BCUT2D eigenvalue weighted by Crippen LogP contribution is 2.26. The summed E-state index contributed by atoms with van der Waals surface area (Å²) in [6.07, 6.45) is 4.73. The second-order valence-electron chi connectivity index (χ2n) is 5.63. The molecular formula is C18H17N3O3. The van der Waals surface area contributed by atoms with Gasteiger partial charge in [0.25, 0.3) is 5.91 Å². The number of nitrogens with zero attached hydrogens (tertiary/aromatic N) is 1. The third-order valence-corrected chi connectivity index (χ3v) is 3.70. The first kappa shape index (κ1) is 15.7. The van der Waals surface area contributed by atoms with Gasteiger partial charge in [0.1, 0.15) is 5.58 Å². The second-order valence-corrected chi connectivity index (χ2v) is 5.63. The van der Waals surface area contributed by atoms with E-state index in [1.165, 1.54) is 12.4 Å². The van der Waals surface area contributed by atoms with Crippen LogP contribution in [0.2, 0.25) is 0 Å². The zero-order chi connectivity index (χ0) is 17.1. The monoisotopic (exact) mass is 323 g/mol. The zero-order valence-corrected chi connectivity index (χ0v) is 13.4. The maximum atomic E-state index is 12.1. The number of hydrogen-bond donors (Lipinski definition) is 2. The van der Waals surface area contributed by atoms with E-state index in [1.807, 2.05) is 26.0 Å². The first-order valence-corrected chi connectivity index (χ1v) is 7.51. The summed E-state index contributed by atoms with van der Waals surface area (Å²) >= 11 is 0. The first-order valence-electron chi connectivity index (χ1n) is 7.51. The van der Waals surface area contributed by atoms with Gasteiger partial charge < -0.3 is 4.42 Å². The number of fused-ring (bicyclic) bond motifs is 1. The van der Waals surface area contributed by atoms with Gasteiger partial charge in [-0.1, -0.05) is 6.07 Å². The molecule has 0 unspecified atom stereocenters. The number of hydrogen-bond acceptors (Lipinski definition) is 4. The van der Waals surface area contributed by atoms with Crippen LogP contribution in [0.3, 0.4) is 0 Å². The van der Waals surface area contributed by atoms with Crippen molar-refractivity contribution in [1.82, 2.24) is 15.8 Å². The van der Waals surface area contributed by atoms with Crippen molar-refractivity contribution in [2.75, 3.05) is 0 Å². The van der Waals surface area contributed by atoms with Crippen LogP contribution in [0, 0.1) is 13.8 Å². The van der Waals surface area contributed by atoms with Crippen LogP contribution in [0.5, 0.6) is 0 Å². The number of amides is 2. The van der Waals surface area contributed by atoms with E-state index in [1.54, 1.807) is 18.4 Å². The Morgan fingerprint density at radius 2 is 1.88 bits per heavy atom. The Balaban J connectivity index is 1.66. The summed E-state index contributed by atoms with van der Waals surface area (Å²) in [5, 5.41) is 0.941. The molecule has 122 valence electrons. The number of aromatic nitrogens is 1. The lowest BCUT2D eigenvalue weighted by molar-refractivity contribution is -0.121. The Labute approximate surface area is 138 Å². The van der Waals surface area contributed by atoms with Crippen LogP contribution >= 0.6 is 0 Å². The molecule has 2 N–H and O–H groups in total. The van der Waals surface area contributed by atoms with Crippen LogP contribution in [-0.4, -0.2) is 16.8 Å². The number of furan rings is 1. The van der Waals surface area contributed by atoms with Crippen LogP contribution in [0.4, 0.5) is 0 Å². The average Bonchev–Trinajstić information content (AvgIpc) is 2.96. The molecule has 0 saturated heterocycles. The number of aryl methyl sites for hydroxylation is 2. The minimum Gasteiger partial charge on any atom is -0.464 e. The highest BCUT2D eigenvalue weighted by Gasteiger charge is 2.13. The van der Waals surface area contributed by atoms with Gasteiger partial charge in [-0.3, -0.25) is 25.4 Å². The third kappa shape index (κ3) is 3.27. The number of nitrogens with one attached hydrogen (secondary N) is 2. The fourth-order valence-corrected chi connectivity index (χ4v) is 2.68. The summed E-state index contributed by atoms with van der Waals surface area (Å²) in [6.45, 7) is 3.98. The van der Waals surface area contributed by atoms with E-state index in [-0.39, 0.29) is 12.3 Å². The van der Waals surface area contributed by atoms with Gasteiger partial charge in [-0.25, -0.2) is 0 Å². The van der Waals surface area contributed by atoms with Crippen molar-refractivity contribution in [3.8, 4) is 0 Å². The SMILES string of the molecule is Cc1cc(C)c2c(CC(=O)NNC(=O)c3ccncc3)coc2c1. The van der Waals surface area contributed by atoms with Crippen molar-refractivity contribution in [2.24, 2.45) is 0 Å². The Kier molecular flexibility index (Phi) is 4.29. The molecule has 0 radical (unpaired) electrons. The summed E-state index contributed by atoms with van der Waals surface area (Å²) in [4.78, 5) is 27.8. The minimum absolute atomic E-state index is 0.119. The van der Waals surface area contributed by atoms with E-state index in [0.717, 1.165) is 27.7 Å². The van der Waals surface area contributed by atoms with Gasteiger partial charge in [0, 0.05) is 28.9 Å². The molecule has 0 atom stereocenters. The molecule has 0 fully saturated rings. The number of rotatable bonds is 3. The predicted molar refractivity (Wildman–Crippen MR) is 89.2 cm³/mol. The average molecular weight is 323 g/mol. The van der Waals surface area contributed by atoms with Crippen LogP contribution in [0.25, 0.3) is 11.0 Å². The topological polar surface area (TPSA) is 84.2 Å². The van der Waals surface area contributed by atoms with E-state index < -0.39 is 5.91 Å². The van der Waals surface area contributed by atoms with Gasteiger partial charge in [0.15, 0.2) is 0 Å². The zero-order valence-electron chi connectivity index (χ0n) is 13.4. The molecule has 0 aliphatic heterocycles. The van der Waals surface area contributed by atoms with Gasteiger partial charge in [0.05, 0.1) is 12.7 Å². The molecule has 0 aliphatic carbocycles. The Morgan fingerprint density at radius 3 is 2.62 bits per heavy atom. The number of carbonyl (C=O) groups is 2. The van der Waals surface area contributed by atoms with Crippen molar-refractivity contribution < 1.29 is 14.0 Å². The summed E-state index contributed by atoms with van der Waals surface area (Å²) in [5.41, 5.74) is 8.94. The van der Waals surface area contributed by atoms with Gasteiger partial charge in [-0.2, -0.15) is 0 Å². The largest absolute Gasteiger partial charge is 0.464 e. The van der Waals surface area contributed by atoms with Crippen molar-refractivity contribution >= 4 is 22.8 Å².